The van der Waals surface area contributed by atoms with Crippen LogP contribution in [-0.2, 0) is 20.8 Å². The third-order valence-electron chi connectivity index (χ3n) is 8.60. The number of amides is 1. The van der Waals surface area contributed by atoms with Crippen molar-refractivity contribution in [3.05, 3.63) is 52.6 Å². The predicted molar refractivity (Wildman–Crippen MR) is 136 cm³/mol. The molecule has 2 fully saturated rings. The third kappa shape index (κ3) is 3.73. The van der Waals surface area contributed by atoms with Crippen molar-refractivity contribution in [1.82, 2.24) is 4.90 Å². The molecule has 3 aliphatic rings. The highest BCUT2D eigenvalue weighted by molar-refractivity contribution is 6.18. The van der Waals surface area contributed by atoms with Gasteiger partial charge in [-0.25, -0.2) is 0 Å². The Balaban J connectivity index is 1.64. The van der Waals surface area contributed by atoms with E-state index in [1.807, 2.05) is 26.0 Å². The number of carbonyl (C=O) groups excluding carboxylic acids is 4. The Morgan fingerprint density at radius 1 is 1.08 bits per heavy atom. The van der Waals surface area contributed by atoms with Gasteiger partial charge in [-0.15, -0.1) is 0 Å². The SMILES string of the molecule is Cc1cc(C)cc(-c2ccc(O)c3c2CC2CC4C(N(C)C)C(=O)C(C(N)=O)CC4(O)C(=O)C2C3=O)c1. The summed E-state index contributed by atoms with van der Waals surface area (Å²) >= 11 is 0. The lowest BCUT2D eigenvalue weighted by Crippen LogP contribution is -2.69. The second kappa shape index (κ2) is 8.60. The van der Waals surface area contributed by atoms with Crippen LogP contribution in [0.3, 0.4) is 0 Å². The molecule has 0 aromatic heterocycles. The minimum atomic E-state index is -2.04. The van der Waals surface area contributed by atoms with Gasteiger partial charge >= 0.3 is 0 Å². The van der Waals surface area contributed by atoms with Crippen molar-refractivity contribution in [3.63, 3.8) is 0 Å². The van der Waals surface area contributed by atoms with Crippen molar-refractivity contribution in [3.8, 4) is 16.9 Å². The number of carbonyl (C=O) groups is 4. The number of phenols is 1. The molecule has 1 amide bonds. The van der Waals surface area contributed by atoms with Crippen LogP contribution in [0.4, 0.5) is 0 Å². The van der Waals surface area contributed by atoms with Crippen LogP contribution in [-0.4, -0.2) is 64.1 Å². The summed E-state index contributed by atoms with van der Waals surface area (Å²) in [5.41, 5.74) is 8.08. The minimum absolute atomic E-state index is 0.107. The fraction of sp³-hybridized carbons (Fsp3) is 0.448. The van der Waals surface area contributed by atoms with E-state index < -0.39 is 65.0 Å². The predicted octanol–water partition coefficient (Wildman–Crippen LogP) is 1.97. The first-order valence-corrected chi connectivity index (χ1v) is 12.6. The Bertz CT molecular complexity index is 1340. The van der Waals surface area contributed by atoms with E-state index in [2.05, 4.69) is 6.07 Å². The molecule has 0 bridgehead atoms. The maximum Gasteiger partial charge on any atom is 0.228 e. The zero-order valence-electron chi connectivity index (χ0n) is 21.4. The highest BCUT2D eigenvalue weighted by Crippen LogP contribution is 2.52. The summed E-state index contributed by atoms with van der Waals surface area (Å²) in [7, 11) is 3.33. The molecule has 0 heterocycles. The molecule has 0 saturated heterocycles. The van der Waals surface area contributed by atoms with Crippen LogP contribution in [0, 0.1) is 37.5 Å². The highest BCUT2D eigenvalue weighted by atomic mass is 16.3. The number of hydrogen-bond acceptors (Lipinski definition) is 7. The Labute approximate surface area is 215 Å². The van der Waals surface area contributed by atoms with Gasteiger partial charge in [0.2, 0.25) is 5.91 Å². The summed E-state index contributed by atoms with van der Waals surface area (Å²) in [6.45, 7) is 3.98. The van der Waals surface area contributed by atoms with Gasteiger partial charge in [0.25, 0.3) is 0 Å². The molecule has 2 aromatic carbocycles. The Morgan fingerprint density at radius 3 is 2.32 bits per heavy atom. The number of hydrogen-bond donors (Lipinski definition) is 3. The second-order valence-corrected chi connectivity index (χ2v) is 11.3. The van der Waals surface area contributed by atoms with E-state index in [9.17, 15) is 29.4 Å². The monoisotopic (exact) mass is 504 g/mol. The number of rotatable bonds is 3. The van der Waals surface area contributed by atoms with Crippen LogP contribution in [0.25, 0.3) is 11.1 Å². The number of fused-ring (bicyclic) bond motifs is 3. The molecule has 5 rings (SSSR count). The average Bonchev–Trinajstić information content (AvgIpc) is 2.79. The van der Waals surface area contributed by atoms with E-state index >= 15 is 0 Å². The molecule has 2 saturated carbocycles. The molecule has 4 N–H and O–H groups in total. The Hall–Kier alpha value is -3.36. The van der Waals surface area contributed by atoms with Crippen molar-refractivity contribution < 1.29 is 29.4 Å². The number of Topliss-reactive ketones (excluding diaryl/α,β-unsaturated/α-hetero) is 3. The number of ketones is 3. The zero-order valence-corrected chi connectivity index (χ0v) is 21.4. The Morgan fingerprint density at radius 2 is 1.73 bits per heavy atom. The first-order valence-electron chi connectivity index (χ1n) is 12.6. The van der Waals surface area contributed by atoms with Gasteiger partial charge in [-0.05, 0) is 69.5 Å². The van der Waals surface area contributed by atoms with Gasteiger partial charge in [-0.1, -0.05) is 35.4 Å². The largest absolute Gasteiger partial charge is 0.507 e. The van der Waals surface area contributed by atoms with E-state index in [1.54, 1.807) is 25.1 Å². The first kappa shape index (κ1) is 25.3. The van der Waals surface area contributed by atoms with E-state index in [1.165, 1.54) is 6.07 Å². The Kier molecular flexibility index (Phi) is 5.88. The van der Waals surface area contributed by atoms with Crippen molar-refractivity contribution in [1.29, 1.82) is 0 Å². The summed E-state index contributed by atoms with van der Waals surface area (Å²) in [6.07, 6.45) is 0.168. The van der Waals surface area contributed by atoms with Crippen LogP contribution in [0.15, 0.2) is 30.3 Å². The van der Waals surface area contributed by atoms with Gasteiger partial charge in [0.15, 0.2) is 17.3 Å². The zero-order chi connectivity index (χ0) is 27.0. The molecular weight excluding hydrogens is 472 g/mol. The van der Waals surface area contributed by atoms with Gasteiger partial charge in [0.1, 0.15) is 17.3 Å². The van der Waals surface area contributed by atoms with Gasteiger partial charge in [-0.2, -0.15) is 0 Å². The maximum absolute atomic E-state index is 13.9. The first-order chi connectivity index (χ1) is 17.3. The van der Waals surface area contributed by atoms with E-state index in [0.717, 1.165) is 22.3 Å². The van der Waals surface area contributed by atoms with Crippen molar-refractivity contribution >= 4 is 23.3 Å². The molecule has 2 aromatic rings. The van der Waals surface area contributed by atoms with Crippen LogP contribution in [0.1, 0.15) is 39.9 Å². The molecule has 0 spiro atoms. The summed E-state index contributed by atoms with van der Waals surface area (Å²) in [5, 5.41) is 22.5. The summed E-state index contributed by atoms with van der Waals surface area (Å²) < 4.78 is 0. The lowest BCUT2D eigenvalue weighted by molar-refractivity contribution is -0.176. The molecule has 0 aliphatic heterocycles. The fourth-order valence-corrected chi connectivity index (χ4v) is 7.11. The van der Waals surface area contributed by atoms with Crippen LogP contribution in [0.5, 0.6) is 5.75 Å². The van der Waals surface area contributed by atoms with Gasteiger partial charge < -0.3 is 15.9 Å². The van der Waals surface area contributed by atoms with Crippen LogP contribution >= 0.6 is 0 Å². The molecule has 37 heavy (non-hydrogen) atoms. The average molecular weight is 505 g/mol. The molecule has 6 atom stereocenters. The number of nitrogens with two attached hydrogens (primary N) is 1. The number of benzene rings is 2. The van der Waals surface area contributed by atoms with E-state index in [4.69, 9.17) is 5.73 Å². The lowest BCUT2D eigenvalue weighted by Gasteiger charge is -2.53. The lowest BCUT2D eigenvalue weighted by atomic mass is 9.52. The number of aromatic hydroxyl groups is 1. The third-order valence-corrected chi connectivity index (χ3v) is 8.60. The molecule has 8 heteroatoms. The summed E-state index contributed by atoms with van der Waals surface area (Å²) in [6, 6.07) is 8.47. The molecule has 8 nitrogen and oxygen atoms in total. The normalized spacial score (nSPS) is 31.1. The number of aliphatic hydroxyl groups is 1. The second-order valence-electron chi connectivity index (χ2n) is 11.3. The number of aryl methyl sites for hydroxylation is 2. The smallest absolute Gasteiger partial charge is 0.228 e. The standard InChI is InChI=1S/C29H32N2O6/c1-13-7-14(2)9-15(8-13)17-5-6-21(32)23-18(17)10-16-11-20-24(31(3)4)25(33)19(28(30)36)12-29(20,37)27(35)22(16)26(23)34/h5-9,16,19-20,22,24,32,37H,10-12H2,1-4H3,(H2,30,36). The maximum atomic E-state index is 13.9. The molecule has 6 unspecified atom stereocenters. The molecule has 3 aliphatic carbocycles. The quantitative estimate of drug-likeness (QED) is 0.543. The topological polar surface area (TPSA) is 138 Å². The fourth-order valence-electron chi connectivity index (χ4n) is 7.11. The van der Waals surface area contributed by atoms with Crippen molar-refractivity contribution in [2.24, 2.45) is 29.4 Å². The van der Waals surface area contributed by atoms with Gasteiger partial charge in [0.05, 0.1) is 17.5 Å². The molecule has 194 valence electrons. The number of primary amides is 1. The molecule has 0 radical (unpaired) electrons. The van der Waals surface area contributed by atoms with Crippen LogP contribution in [0.2, 0.25) is 0 Å². The minimum Gasteiger partial charge on any atom is -0.507 e. The molecular formula is C29H32N2O6. The van der Waals surface area contributed by atoms with Gasteiger partial charge in [0, 0.05) is 12.3 Å². The number of likely N-dealkylation sites (N-methyl/N-ethyl adjacent to an activating group) is 1. The number of nitrogens with zero attached hydrogens (tertiary/aromatic N) is 1. The summed E-state index contributed by atoms with van der Waals surface area (Å²) in [4.78, 5) is 54.7. The number of phenolic OH excluding ortho intramolecular Hbond substituents is 1. The van der Waals surface area contributed by atoms with Crippen molar-refractivity contribution in [2.75, 3.05) is 14.1 Å². The summed E-state index contributed by atoms with van der Waals surface area (Å²) in [5.74, 6) is -6.44. The van der Waals surface area contributed by atoms with E-state index in [-0.39, 0.29) is 17.7 Å². The van der Waals surface area contributed by atoms with E-state index in [0.29, 0.717) is 12.0 Å². The van der Waals surface area contributed by atoms with Crippen molar-refractivity contribution in [2.45, 2.75) is 44.8 Å². The van der Waals surface area contributed by atoms with Gasteiger partial charge in [-0.3, -0.25) is 24.1 Å². The van der Waals surface area contributed by atoms with Crippen LogP contribution < -0.4 is 5.73 Å². The highest BCUT2D eigenvalue weighted by Gasteiger charge is 2.64.